The molecule has 0 spiro atoms. The number of nitrogens with zero attached hydrogens (tertiary/aromatic N) is 3. The van der Waals surface area contributed by atoms with Gasteiger partial charge in [-0.1, -0.05) is 120 Å². The summed E-state index contributed by atoms with van der Waals surface area (Å²) in [5, 5.41) is 22.9. The van der Waals surface area contributed by atoms with Crippen LogP contribution in [0.25, 0.3) is 16.5 Å². The number of carbonyl (C=O) groups excluding carboxylic acids is 2. The second-order valence-electron chi connectivity index (χ2n) is 11.1. The van der Waals surface area contributed by atoms with Crippen molar-refractivity contribution in [2.24, 2.45) is 0 Å². The monoisotopic (exact) mass is 655 g/mol. The molecule has 1 aliphatic heterocycles. The van der Waals surface area contributed by atoms with Crippen LogP contribution in [-0.4, -0.2) is 27.0 Å². The summed E-state index contributed by atoms with van der Waals surface area (Å²) in [5.74, 6) is -0.522. The number of fused-ring (bicyclic) bond motifs is 1. The molecule has 1 N–H and O–H groups in total. The molecular weight excluding hydrogens is 627 g/mol. The van der Waals surface area contributed by atoms with Crippen LogP contribution >= 0.6 is 23.1 Å². The number of aliphatic hydroxyl groups is 1. The molecule has 232 valence electrons. The first-order valence-corrected chi connectivity index (χ1v) is 16.8. The Balaban J connectivity index is 1.16. The summed E-state index contributed by atoms with van der Waals surface area (Å²) in [6.07, 6.45) is 0. The fraction of sp³-hybridized carbons (Fsp3) is 0.105. The van der Waals surface area contributed by atoms with Gasteiger partial charge in [-0.25, -0.2) is 0 Å². The highest BCUT2D eigenvalue weighted by atomic mass is 32.2. The Morgan fingerprint density at radius 3 is 2.34 bits per heavy atom. The van der Waals surface area contributed by atoms with Crippen LogP contribution in [0.4, 0.5) is 5.13 Å². The molecule has 0 saturated carbocycles. The van der Waals surface area contributed by atoms with Crippen molar-refractivity contribution >= 4 is 56.5 Å². The normalized spacial score (nSPS) is 15.8. The predicted molar refractivity (Wildman–Crippen MR) is 187 cm³/mol. The van der Waals surface area contributed by atoms with E-state index >= 15 is 0 Å². The van der Waals surface area contributed by atoms with Crippen molar-refractivity contribution < 1.29 is 19.4 Å². The number of ketones is 1. The Bertz CT molecular complexity index is 2120. The third-order valence-corrected chi connectivity index (χ3v) is 10.3. The summed E-state index contributed by atoms with van der Waals surface area (Å²) in [6.45, 7) is 2.44. The van der Waals surface area contributed by atoms with Crippen molar-refractivity contribution in [2.75, 3.05) is 4.90 Å². The molecule has 1 atom stereocenters. The minimum Gasteiger partial charge on any atom is -0.507 e. The molecule has 1 aliphatic rings. The largest absolute Gasteiger partial charge is 0.507 e. The first kappa shape index (κ1) is 30.4. The maximum Gasteiger partial charge on any atom is 0.301 e. The van der Waals surface area contributed by atoms with Crippen LogP contribution in [-0.2, 0) is 21.9 Å². The summed E-state index contributed by atoms with van der Waals surface area (Å²) in [7, 11) is 0. The third kappa shape index (κ3) is 6.15. The van der Waals surface area contributed by atoms with Crippen molar-refractivity contribution in [3.63, 3.8) is 0 Å². The first-order chi connectivity index (χ1) is 23.0. The van der Waals surface area contributed by atoms with E-state index in [-0.39, 0.29) is 11.3 Å². The fourth-order valence-electron chi connectivity index (χ4n) is 5.69. The van der Waals surface area contributed by atoms with E-state index in [1.54, 1.807) is 24.3 Å². The molecule has 1 amide bonds. The van der Waals surface area contributed by atoms with Crippen molar-refractivity contribution in [1.82, 2.24) is 10.2 Å². The van der Waals surface area contributed by atoms with Gasteiger partial charge in [-0.05, 0) is 64.2 Å². The Hall–Kier alpha value is -5.25. The average molecular weight is 656 g/mol. The van der Waals surface area contributed by atoms with E-state index in [1.807, 2.05) is 79.7 Å². The number of carbonyl (C=O) groups is 2. The number of aryl methyl sites for hydroxylation is 1. The van der Waals surface area contributed by atoms with Crippen LogP contribution in [0.1, 0.15) is 33.9 Å². The molecule has 0 radical (unpaired) electrons. The predicted octanol–water partition coefficient (Wildman–Crippen LogP) is 8.50. The highest BCUT2D eigenvalue weighted by Crippen LogP contribution is 2.44. The standard InChI is InChI=1S/C38H29N3O4S2/c1-24-10-5-6-14-28(24)22-45-30-20-18-27(19-21-30)34(42)32-33(26-12-3-2-4-13-26)41(36(44)35(32)43)37-39-40-38(47-37)46-23-29-16-9-15-25-11-7-8-17-31(25)29/h2-21,33,42H,22-23H2,1H3. The van der Waals surface area contributed by atoms with Crippen LogP contribution in [0.5, 0.6) is 5.75 Å². The molecule has 0 bridgehead atoms. The smallest absolute Gasteiger partial charge is 0.301 e. The van der Waals surface area contributed by atoms with E-state index in [2.05, 4.69) is 34.5 Å². The fourth-order valence-corrected chi connectivity index (χ4v) is 7.57. The summed E-state index contributed by atoms with van der Waals surface area (Å²) in [5.41, 5.74) is 4.45. The summed E-state index contributed by atoms with van der Waals surface area (Å²) in [4.78, 5) is 28.6. The molecule has 2 heterocycles. The summed E-state index contributed by atoms with van der Waals surface area (Å²) < 4.78 is 6.63. The maximum atomic E-state index is 13.6. The molecule has 1 fully saturated rings. The molecule has 0 aliphatic carbocycles. The zero-order valence-electron chi connectivity index (χ0n) is 25.4. The minimum atomic E-state index is -0.878. The SMILES string of the molecule is Cc1ccccc1COc1ccc(C(O)=C2C(=O)C(=O)N(c3nnc(SCc4cccc5ccccc45)s3)C2c2ccccc2)cc1. The van der Waals surface area contributed by atoms with Gasteiger partial charge in [-0.15, -0.1) is 10.2 Å². The van der Waals surface area contributed by atoms with Crippen molar-refractivity contribution in [1.29, 1.82) is 0 Å². The van der Waals surface area contributed by atoms with Gasteiger partial charge < -0.3 is 9.84 Å². The zero-order valence-corrected chi connectivity index (χ0v) is 27.0. The van der Waals surface area contributed by atoms with Crippen molar-refractivity contribution in [3.05, 3.63) is 155 Å². The van der Waals surface area contributed by atoms with Gasteiger partial charge in [-0.2, -0.15) is 0 Å². The van der Waals surface area contributed by atoms with Gasteiger partial charge in [0.15, 0.2) is 4.34 Å². The number of ether oxygens (including phenoxy) is 1. The quantitative estimate of drug-likeness (QED) is 0.0549. The van der Waals surface area contributed by atoms with Gasteiger partial charge in [0.1, 0.15) is 18.1 Å². The van der Waals surface area contributed by atoms with Gasteiger partial charge in [0.05, 0.1) is 11.6 Å². The van der Waals surface area contributed by atoms with Gasteiger partial charge in [0, 0.05) is 11.3 Å². The second kappa shape index (κ2) is 13.2. The second-order valence-corrected chi connectivity index (χ2v) is 13.3. The molecule has 7 nitrogen and oxygen atoms in total. The van der Waals surface area contributed by atoms with E-state index in [0.29, 0.717) is 38.7 Å². The number of Topliss-reactive ketones (excluding diaryl/α,β-unsaturated/α-hetero) is 1. The lowest BCUT2D eigenvalue weighted by atomic mass is 9.95. The third-order valence-electron chi connectivity index (χ3n) is 8.18. The molecule has 1 unspecified atom stereocenters. The topological polar surface area (TPSA) is 92.6 Å². The Morgan fingerprint density at radius 1 is 0.830 bits per heavy atom. The number of amides is 1. The zero-order chi connectivity index (χ0) is 32.3. The van der Waals surface area contributed by atoms with Gasteiger partial charge >= 0.3 is 5.91 Å². The molecule has 5 aromatic carbocycles. The number of hydrogen-bond acceptors (Lipinski definition) is 8. The highest BCUT2D eigenvalue weighted by molar-refractivity contribution is 8.00. The molecule has 7 rings (SSSR count). The van der Waals surface area contributed by atoms with E-state index in [4.69, 9.17) is 4.74 Å². The number of aliphatic hydroxyl groups excluding tert-OH is 1. The number of rotatable bonds is 9. The summed E-state index contributed by atoms with van der Waals surface area (Å²) >= 11 is 2.77. The number of thioether (sulfide) groups is 1. The lowest BCUT2D eigenvalue weighted by molar-refractivity contribution is -0.132. The van der Waals surface area contributed by atoms with Gasteiger partial charge in [0.2, 0.25) is 5.13 Å². The van der Waals surface area contributed by atoms with Crippen molar-refractivity contribution in [3.8, 4) is 5.75 Å². The summed E-state index contributed by atoms with van der Waals surface area (Å²) in [6, 6.07) is 37.6. The van der Waals surface area contributed by atoms with Crippen LogP contribution in [0, 0.1) is 6.92 Å². The van der Waals surface area contributed by atoms with Crippen LogP contribution < -0.4 is 9.64 Å². The van der Waals surface area contributed by atoms with Crippen LogP contribution in [0.3, 0.4) is 0 Å². The molecule has 1 saturated heterocycles. The van der Waals surface area contributed by atoms with Crippen LogP contribution in [0.15, 0.2) is 131 Å². The molecule has 1 aromatic heterocycles. The molecule has 47 heavy (non-hydrogen) atoms. The highest BCUT2D eigenvalue weighted by Gasteiger charge is 2.48. The van der Waals surface area contributed by atoms with Crippen LogP contribution in [0.2, 0.25) is 0 Å². The van der Waals surface area contributed by atoms with E-state index in [9.17, 15) is 14.7 Å². The number of aromatic nitrogens is 2. The molecule has 9 heteroatoms. The van der Waals surface area contributed by atoms with Gasteiger partial charge in [0.25, 0.3) is 5.78 Å². The first-order valence-electron chi connectivity index (χ1n) is 15.0. The lowest BCUT2D eigenvalue weighted by Crippen LogP contribution is -2.29. The molecule has 6 aromatic rings. The van der Waals surface area contributed by atoms with E-state index < -0.39 is 17.7 Å². The minimum absolute atomic E-state index is 0.00469. The number of benzene rings is 5. The average Bonchev–Trinajstić information content (AvgIpc) is 3.68. The molecular formula is C38H29N3O4S2. The Labute approximate surface area is 280 Å². The van der Waals surface area contributed by atoms with Gasteiger partial charge in [-0.3, -0.25) is 14.5 Å². The number of anilines is 1. The Kier molecular flexibility index (Phi) is 8.56. The number of hydrogen-bond donors (Lipinski definition) is 1. The van der Waals surface area contributed by atoms with E-state index in [0.717, 1.165) is 11.1 Å². The Morgan fingerprint density at radius 2 is 1.53 bits per heavy atom. The maximum absolute atomic E-state index is 13.6. The van der Waals surface area contributed by atoms with E-state index in [1.165, 1.54) is 44.3 Å². The lowest BCUT2D eigenvalue weighted by Gasteiger charge is -2.22. The van der Waals surface area contributed by atoms with Crippen molar-refractivity contribution in [2.45, 2.75) is 29.7 Å².